The number of aromatic nitrogens is 2. The highest BCUT2D eigenvalue weighted by Crippen LogP contribution is 2.03. The van der Waals surface area contributed by atoms with Crippen molar-refractivity contribution >= 4 is 15.8 Å². The molecule has 0 unspecified atom stereocenters. The van der Waals surface area contributed by atoms with E-state index in [2.05, 4.69) is 27.2 Å². The summed E-state index contributed by atoms with van der Waals surface area (Å²) >= 11 is 0. The maximum Gasteiger partial charge on any atom is 0.233 e. The van der Waals surface area contributed by atoms with Crippen molar-refractivity contribution < 1.29 is 8.42 Å². The van der Waals surface area contributed by atoms with Crippen LogP contribution in [0.2, 0.25) is 0 Å². The molecule has 0 amide bonds. The van der Waals surface area contributed by atoms with Crippen molar-refractivity contribution in [2.45, 2.75) is 19.8 Å². The second-order valence-corrected chi connectivity index (χ2v) is 5.48. The first-order chi connectivity index (χ1) is 8.14. The molecule has 0 fully saturated rings. The summed E-state index contributed by atoms with van der Waals surface area (Å²) in [5.41, 5.74) is 0. The van der Waals surface area contributed by atoms with Crippen LogP contribution in [0.1, 0.15) is 19.8 Å². The highest BCUT2D eigenvalue weighted by Gasteiger charge is 2.10. The third-order valence-corrected chi connectivity index (χ3v) is 3.37. The van der Waals surface area contributed by atoms with Gasteiger partial charge in [-0.2, -0.15) is 5.10 Å². The lowest BCUT2D eigenvalue weighted by molar-refractivity contribution is 0.593. The van der Waals surface area contributed by atoms with Crippen LogP contribution >= 0.6 is 0 Å². The maximum atomic E-state index is 11.6. The van der Waals surface area contributed by atoms with Crippen molar-refractivity contribution in [3.05, 3.63) is 18.3 Å². The zero-order valence-corrected chi connectivity index (χ0v) is 10.7. The van der Waals surface area contributed by atoms with Gasteiger partial charge in [-0.3, -0.25) is 4.72 Å². The van der Waals surface area contributed by atoms with Gasteiger partial charge in [0.05, 0.1) is 5.75 Å². The Kier molecular flexibility index (Phi) is 5.85. The second kappa shape index (κ2) is 7.18. The molecule has 6 nitrogen and oxygen atoms in total. The van der Waals surface area contributed by atoms with Crippen LogP contribution < -0.4 is 10.0 Å². The van der Waals surface area contributed by atoms with Crippen molar-refractivity contribution in [2.24, 2.45) is 0 Å². The van der Waals surface area contributed by atoms with Gasteiger partial charge in [0.15, 0.2) is 5.82 Å². The first-order valence-electron chi connectivity index (χ1n) is 5.63. The van der Waals surface area contributed by atoms with E-state index in [0.717, 1.165) is 13.0 Å². The monoisotopic (exact) mass is 258 g/mol. The molecular formula is C10H18N4O2S. The van der Waals surface area contributed by atoms with Crippen molar-refractivity contribution in [3.8, 4) is 0 Å². The van der Waals surface area contributed by atoms with Gasteiger partial charge in [0.2, 0.25) is 10.0 Å². The summed E-state index contributed by atoms with van der Waals surface area (Å²) in [6, 6.07) is 3.20. The van der Waals surface area contributed by atoms with Crippen LogP contribution in [0.25, 0.3) is 0 Å². The van der Waals surface area contributed by atoms with E-state index in [1.165, 1.54) is 6.20 Å². The molecule has 0 bridgehead atoms. The minimum Gasteiger partial charge on any atom is -0.317 e. The third kappa shape index (κ3) is 6.18. The fourth-order valence-corrected chi connectivity index (χ4v) is 2.31. The summed E-state index contributed by atoms with van der Waals surface area (Å²) in [4.78, 5) is 0. The Morgan fingerprint density at radius 1 is 1.35 bits per heavy atom. The molecule has 0 saturated carbocycles. The van der Waals surface area contributed by atoms with E-state index in [1.807, 2.05) is 0 Å². The van der Waals surface area contributed by atoms with E-state index in [-0.39, 0.29) is 11.6 Å². The summed E-state index contributed by atoms with van der Waals surface area (Å²) in [6.07, 6.45) is 3.12. The Hall–Kier alpha value is -1.21. The predicted octanol–water partition coefficient (Wildman–Crippen LogP) is 0.608. The standard InChI is InChI=1S/C10H18N4O2S/c1-2-6-11-7-4-9-17(15,16)14-10-5-3-8-12-13-10/h3,5,8,11H,2,4,6-7,9H2,1H3,(H,13,14). The molecule has 17 heavy (non-hydrogen) atoms. The van der Waals surface area contributed by atoms with E-state index in [4.69, 9.17) is 0 Å². The fourth-order valence-electron chi connectivity index (χ4n) is 1.26. The molecule has 96 valence electrons. The maximum absolute atomic E-state index is 11.6. The molecular weight excluding hydrogens is 240 g/mol. The number of anilines is 1. The molecule has 0 radical (unpaired) electrons. The Morgan fingerprint density at radius 2 is 2.18 bits per heavy atom. The lowest BCUT2D eigenvalue weighted by Crippen LogP contribution is -2.22. The molecule has 0 spiro atoms. The number of hydrogen-bond donors (Lipinski definition) is 2. The molecule has 1 heterocycles. The molecule has 0 saturated heterocycles. The van der Waals surface area contributed by atoms with Crippen LogP contribution in [0.4, 0.5) is 5.82 Å². The van der Waals surface area contributed by atoms with Gasteiger partial charge < -0.3 is 5.32 Å². The van der Waals surface area contributed by atoms with Crippen molar-refractivity contribution in [2.75, 3.05) is 23.6 Å². The van der Waals surface area contributed by atoms with Crippen LogP contribution in [0.5, 0.6) is 0 Å². The quantitative estimate of drug-likeness (QED) is 0.667. The normalized spacial score (nSPS) is 11.4. The average Bonchev–Trinajstić information content (AvgIpc) is 2.29. The second-order valence-electron chi connectivity index (χ2n) is 3.63. The van der Waals surface area contributed by atoms with E-state index < -0.39 is 10.0 Å². The van der Waals surface area contributed by atoms with E-state index >= 15 is 0 Å². The molecule has 1 rings (SSSR count). The molecule has 0 aliphatic carbocycles. The number of nitrogens with one attached hydrogen (secondary N) is 2. The third-order valence-electron chi connectivity index (χ3n) is 2.03. The molecule has 0 aliphatic heterocycles. The van der Waals surface area contributed by atoms with Gasteiger partial charge in [0.1, 0.15) is 0 Å². The summed E-state index contributed by atoms with van der Waals surface area (Å²) < 4.78 is 25.6. The number of sulfonamides is 1. The Bertz CT molecular complexity index is 408. The van der Waals surface area contributed by atoms with Gasteiger partial charge in [-0.1, -0.05) is 6.92 Å². The first-order valence-corrected chi connectivity index (χ1v) is 7.28. The summed E-state index contributed by atoms with van der Waals surface area (Å²) in [6.45, 7) is 3.69. The van der Waals surface area contributed by atoms with E-state index in [1.54, 1.807) is 12.1 Å². The number of nitrogens with zero attached hydrogens (tertiary/aromatic N) is 2. The van der Waals surface area contributed by atoms with Crippen LogP contribution in [-0.4, -0.2) is 37.5 Å². The highest BCUT2D eigenvalue weighted by molar-refractivity contribution is 7.92. The van der Waals surface area contributed by atoms with Gasteiger partial charge in [0, 0.05) is 6.20 Å². The van der Waals surface area contributed by atoms with Gasteiger partial charge in [-0.25, -0.2) is 8.42 Å². The largest absolute Gasteiger partial charge is 0.317 e. The zero-order valence-electron chi connectivity index (χ0n) is 9.89. The van der Waals surface area contributed by atoms with Gasteiger partial charge in [-0.15, -0.1) is 5.10 Å². The average molecular weight is 258 g/mol. The molecule has 0 aliphatic rings. The Labute approximate surface area is 102 Å². The van der Waals surface area contributed by atoms with E-state index in [9.17, 15) is 8.42 Å². The molecule has 0 atom stereocenters. The van der Waals surface area contributed by atoms with Crippen LogP contribution in [0, 0.1) is 0 Å². The minimum atomic E-state index is -3.31. The Morgan fingerprint density at radius 3 is 2.82 bits per heavy atom. The summed E-state index contributed by atoms with van der Waals surface area (Å²) in [7, 11) is -3.31. The molecule has 1 aromatic rings. The van der Waals surface area contributed by atoms with Gasteiger partial charge in [0.25, 0.3) is 0 Å². The Balaban J connectivity index is 2.32. The summed E-state index contributed by atoms with van der Waals surface area (Å²) in [5, 5.41) is 10.4. The number of rotatable bonds is 8. The number of hydrogen-bond acceptors (Lipinski definition) is 5. The van der Waals surface area contributed by atoms with E-state index in [0.29, 0.717) is 13.0 Å². The van der Waals surface area contributed by atoms with Crippen LogP contribution in [-0.2, 0) is 10.0 Å². The molecule has 2 N–H and O–H groups in total. The lowest BCUT2D eigenvalue weighted by Gasteiger charge is -2.06. The first kappa shape index (κ1) is 13.9. The summed E-state index contributed by atoms with van der Waals surface area (Å²) in [5.74, 6) is 0.342. The predicted molar refractivity (Wildman–Crippen MR) is 67.2 cm³/mol. The minimum absolute atomic E-state index is 0.0836. The molecule has 7 heteroatoms. The smallest absolute Gasteiger partial charge is 0.233 e. The zero-order chi connectivity index (χ0) is 12.6. The topological polar surface area (TPSA) is 84.0 Å². The molecule has 0 aromatic carbocycles. The lowest BCUT2D eigenvalue weighted by atomic mass is 10.4. The fraction of sp³-hybridized carbons (Fsp3) is 0.600. The molecule has 1 aromatic heterocycles. The highest BCUT2D eigenvalue weighted by atomic mass is 32.2. The van der Waals surface area contributed by atoms with Crippen molar-refractivity contribution in [3.63, 3.8) is 0 Å². The van der Waals surface area contributed by atoms with Crippen LogP contribution in [0.15, 0.2) is 18.3 Å². The van der Waals surface area contributed by atoms with Crippen molar-refractivity contribution in [1.82, 2.24) is 15.5 Å². The van der Waals surface area contributed by atoms with Gasteiger partial charge in [-0.05, 0) is 38.1 Å². The van der Waals surface area contributed by atoms with Crippen LogP contribution in [0.3, 0.4) is 0 Å². The SMILES string of the molecule is CCCNCCCS(=O)(=O)Nc1cccnn1. The van der Waals surface area contributed by atoms with Crippen molar-refractivity contribution in [1.29, 1.82) is 0 Å². The van der Waals surface area contributed by atoms with Gasteiger partial charge >= 0.3 is 0 Å².